The Kier molecular flexibility index (Phi) is 6.58. The first kappa shape index (κ1) is 20.6. The van der Waals surface area contributed by atoms with Crippen molar-refractivity contribution in [3.63, 3.8) is 0 Å². The maximum Gasteiger partial charge on any atom is 0.261 e. The molecule has 4 N–H and O–H groups in total. The van der Waals surface area contributed by atoms with Gasteiger partial charge < -0.3 is 10.8 Å². The highest BCUT2D eigenvalue weighted by atomic mass is 35.5. The SMILES string of the molecule is NCc1c(NS(=O)(=O)c2ccccc2)ccc(Cl)c1Sc1ncccc1CO. The number of halogens is 1. The lowest BCUT2D eigenvalue weighted by molar-refractivity contribution is 0.278. The molecule has 28 heavy (non-hydrogen) atoms. The number of aromatic nitrogens is 1. The molecule has 0 unspecified atom stereocenters. The molecule has 1 aromatic heterocycles. The van der Waals surface area contributed by atoms with Crippen molar-refractivity contribution in [2.24, 2.45) is 5.73 Å². The molecule has 0 radical (unpaired) electrons. The van der Waals surface area contributed by atoms with E-state index in [1.54, 1.807) is 48.7 Å². The molecule has 6 nitrogen and oxygen atoms in total. The first-order valence-electron chi connectivity index (χ1n) is 8.28. The summed E-state index contributed by atoms with van der Waals surface area (Å²) in [5.41, 5.74) is 7.46. The van der Waals surface area contributed by atoms with Crippen molar-refractivity contribution in [2.75, 3.05) is 4.72 Å². The Morgan fingerprint density at radius 1 is 1.11 bits per heavy atom. The van der Waals surface area contributed by atoms with Gasteiger partial charge in [0.15, 0.2) is 0 Å². The Morgan fingerprint density at radius 2 is 1.86 bits per heavy atom. The van der Waals surface area contributed by atoms with E-state index in [-0.39, 0.29) is 18.0 Å². The van der Waals surface area contributed by atoms with Crippen molar-refractivity contribution in [3.05, 3.63) is 76.9 Å². The number of hydrogen-bond donors (Lipinski definition) is 3. The van der Waals surface area contributed by atoms with E-state index in [0.717, 1.165) is 0 Å². The van der Waals surface area contributed by atoms with Gasteiger partial charge in [0.1, 0.15) is 5.03 Å². The maximum atomic E-state index is 12.7. The van der Waals surface area contributed by atoms with Crippen molar-refractivity contribution in [3.8, 4) is 0 Å². The van der Waals surface area contributed by atoms with Crippen LogP contribution in [0, 0.1) is 0 Å². The van der Waals surface area contributed by atoms with Crippen LogP contribution in [0.4, 0.5) is 5.69 Å². The summed E-state index contributed by atoms with van der Waals surface area (Å²) in [6.07, 6.45) is 1.61. The fourth-order valence-electron chi connectivity index (χ4n) is 2.54. The van der Waals surface area contributed by atoms with Gasteiger partial charge in [0.25, 0.3) is 10.0 Å². The van der Waals surface area contributed by atoms with Gasteiger partial charge in [0.05, 0.1) is 22.2 Å². The zero-order valence-corrected chi connectivity index (χ0v) is 17.1. The third kappa shape index (κ3) is 4.48. The molecule has 0 spiro atoms. The van der Waals surface area contributed by atoms with Crippen molar-refractivity contribution < 1.29 is 13.5 Å². The molecule has 0 saturated carbocycles. The van der Waals surface area contributed by atoms with Crippen LogP contribution < -0.4 is 10.5 Å². The third-order valence-corrected chi connectivity index (χ3v) is 6.97. The Balaban J connectivity index is 2.02. The average Bonchev–Trinajstić information content (AvgIpc) is 2.71. The Labute approximate surface area is 172 Å². The molecule has 0 aliphatic heterocycles. The normalized spacial score (nSPS) is 11.4. The number of benzene rings is 2. The van der Waals surface area contributed by atoms with E-state index < -0.39 is 10.0 Å². The van der Waals surface area contributed by atoms with Crippen LogP contribution >= 0.6 is 23.4 Å². The van der Waals surface area contributed by atoms with E-state index in [9.17, 15) is 13.5 Å². The molecular formula is C19H18ClN3O3S2. The molecule has 0 amide bonds. The van der Waals surface area contributed by atoms with E-state index >= 15 is 0 Å². The molecule has 0 aliphatic carbocycles. The molecule has 146 valence electrons. The van der Waals surface area contributed by atoms with E-state index in [0.29, 0.717) is 31.8 Å². The van der Waals surface area contributed by atoms with Gasteiger partial charge in [-0.25, -0.2) is 13.4 Å². The highest BCUT2D eigenvalue weighted by Gasteiger charge is 2.20. The van der Waals surface area contributed by atoms with Crippen LogP contribution in [0.15, 0.2) is 75.6 Å². The fraction of sp³-hybridized carbons (Fsp3) is 0.105. The van der Waals surface area contributed by atoms with Crippen LogP contribution in [-0.4, -0.2) is 18.5 Å². The molecule has 3 aromatic rings. The second-order valence-electron chi connectivity index (χ2n) is 5.75. The van der Waals surface area contributed by atoms with Crippen molar-refractivity contribution in [1.82, 2.24) is 4.98 Å². The number of nitrogens with two attached hydrogens (primary N) is 1. The van der Waals surface area contributed by atoms with E-state index in [1.807, 2.05) is 0 Å². The zero-order chi connectivity index (χ0) is 20.1. The number of aliphatic hydroxyl groups is 1. The Bertz CT molecular complexity index is 1080. The number of nitrogens with zero attached hydrogens (tertiary/aromatic N) is 1. The minimum absolute atomic E-state index is 0.0663. The second-order valence-corrected chi connectivity index (χ2v) is 8.84. The van der Waals surface area contributed by atoms with Crippen LogP contribution in [-0.2, 0) is 23.2 Å². The Morgan fingerprint density at radius 3 is 2.54 bits per heavy atom. The molecule has 0 atom stereocenters. The lowest BCUT2D eigenvalue weighted by Crippen LogP contribution is -2.15. The van der Waals surface area contributed by atoms with Gasteiger partial charge in [-0.05, 0) is 30.3 Å². The monoisotopic (exact) mass is 435 g/mol. The van der Waals surface area contributed by atoms with Gasteiger partial charge in [-0.2, -0.15) is 0 Å². The minimum atomic E-state index is -3.77. The summed E-state index contributed by atoms with van der Waals surface area (Å²) < 4.78 is 28.0. The fourth-order valence-corrected chi connectivity index (χ4v) is 5.00. The molecule has 2 aromatic carbocycles. The molecule has 3 rings (SSSR count). The molecule has 0 fully saturated rings. The van der Waals surface area contributed by atoms with E-state index in [1.165, 1.54) is 23.9 Å². The van der Waals surface area contributed by atoms with Gasteiger partial charge in [-0.3, -0.25) is 4.72 Å². The number of aliphatic hydroxyl groups excluding tert-OH is 1. The van der Waals surface area contributed by atoms with Crippen LogP contribution in [0.5, 0.6) is 0 Å². The summed E-state index contributed by atoms with van der Waals surface area (Å²) in [6.45, 7) is -0.108. The van der Waals surface area contributed by atoms with Crippen LogP contribution in [0.25, 0.3) is 0 Å². The van der Waals surface area contributed by atoms with E-state index in [4.69, 9.17) is 17.3 Å². The van der Waals surface area contributed by atoms with Crippen LogP contribution in [0.3, 0.4) is 0 Å². The standard InChI is InChI=1S/C19H18ClN3O3S2/c20-16-8-9-17(23-28(25,26)14-6-2-1-3-7-14)15(11-21)18(16)27-19-13(12-24)5-4-10-22-19/h1-10,23-24H,11-12,21H2. The summed E-state index contributed by atoms with van der Waals surface area (Å²) in [7, 11) is -3.77. The quantitative estimate of drug-likeness (QED) is 0.523. The lowest BCUT2D eigenvalue weighted by Gasteiger charge is -2.17. The molecule has 0 saturated heterocycles. The topological polar surface area (TPSA) is 105 Å². The zero-order valence-electron chi connectivity index (χ0n) is 14.7. The van der Waals surface area contributed by atoms with Gasteiger partial charge >= 0.3 is 0 Å². The first-order valence-corrected chi connectivity index (χ1v) is 11.0. The van der Waals surface area contributed by atoms with Crippen molar-refractivity contribution in [1.29, 1.82) is 0 Å². The summed E-state index contributed by atoms with van der Waals surface area (Å²) in [4.78, 5) is 5.01. The summed E-state index contributed by atoms with van der Waals surface area (Å²) in [5.74, 6) is 0. The maximum absolute atomic E-state index is 12.7. The minimum Gasteiger partial charge on any atom is -0.392 e. The number of rotatable bonds is 7. The molecule has 0 bridgehead atoms. The highest BCUT2D eigenvalue weighted by molar-refractivity contribution is 7.99. The predicted octanol–water partition coefficient (Wildman–Crippen LogP) is 3.64. The van der Waals surface area contributed by atoms with Crippen molar-refractivity contribution in [2.45, 2.75) is 28.0 Å². The number of pyridine rings is 1. The Hall–Kier alpha value is -2.10. The first-order chi connectivity index (χ1) is 13.5. The molecule has 1 heterocycles. The number of anilines is 1. The largest absolute Gasteiger partial charge is 0.392 e. The van der Waals surface area contributed by atoms with Gasteiger partial charge in [0.2, 0.25) is 0 Å². The van der Waals surface area contributed by atoms with Gasteiger partial charge in [-0.1, -0.05) is 47.6 Å². The number of sulfonamides is 1. The number of nitrogens with one attached hydrogen (secondary N) is 1. The van der Waals surface area contributed by atoms with Gasteiger partial charge in [-0.15, -0.1) is 0 Å². The summed E-state index contributed by atoms with van der Waals surface area (Å²) in [5, 5.41) is 10.5. The van der Waals surface area contributed by atoms with Gasteiger partial charge in [0, 0.05) is 28.8 Å². The van der Waals surface area contributed by atoms with Crippen molar-refractivity contribution >= 4 is 39.1 Å². The summed E-state index contributed by atoms with van der Waals surface area (Å²) in [6, 6.07) is 14.7. The average molecular weight is 436 g/mol. The predicted molar refractivity (Wildman–Crippen MR) is 111 cm³/mol. The molecule has 0 aliphatic rings. The molecule has 9 heteroatoms. The third-order valence-electron chi connectivity index (χ3n) is 3.93. The highest BCUT2D eigenvalue weighted by Crippen LogP contribution is 2.40. The van der Waals surface area contributed by atoms with E-state index in [2.05, 4.69) is 9.71 Å². The number of hydrogen-bond acceptors (Lipinski definition) is 6. The van der Waals surface area contributed by atoms with Crippen LogP contribution in [0.1, 0.15) is 11.1 Å². The second kappa shape index (κ2) is 8.93. The smallest absolute Gasteiger partial charge is 0.261 e. The summed E-state index contributed by atoms with van der Waals surface area (Å²) >= 11 is 7.60. The lowest BCUT2D eigenvalue weighted by atomic mass is 10.2. The van der Waals surface area contributed by atoms with Crippen LogP contribution in [0.2, 0.25) is 5.02 Å². The molecular weight excluding hydrogens is 418 g/mol.